The number of quaternary nitrogens is 1. The Balaban J connectivity index is 5.78. The first-order valence-electron chi connectivity index (χ1n) is 7.39. The number of ether oxygens (including phenoxy) is 1. The molecule has 0 amide bonds. The fourth-order valence-corrected chi connectivity index (χ4v) is 2.91. The number of carbonyl (C=O) groups excluding carboxylic acids is 1. The second-order valence-electron chi connectivity index (χ2n) is 6.89. The van der Waals surface area contributed by atoms with Gasteiger partial charge < -0.3 is 24.1 Å². The van der Waals surface area contributed by atoms with Crippen molar-refractivity contribution >= 4 is 19.8 Å². The first-order chi connectivity index (χ1) is 11.1. The van der Waals surface area contributed by atoms with E-state index in [4.69, 9.17) is 14.4 Å². The van der Waals surface area contributed by atoms with Gasteiger partial charge in [-0.05, 0) is 19.9 Å². The highest BCUT2D eigenvalue weighted by molar-refractivity contribution is 7.46. The van der Waals surface area contributed by atoms with E-state index in [0.29, 0.717) is 0 Å². The average Bonchev–Trinajstić information content (AvgIpc) is 2.33. The molecule has 0 aliphatic carbocycles. The van der Waals surface area contributed by atoms with Crippen molar-refractivity contribution in [1.82, 2.24) is 0 Å². The number of rotatable bonds is 10. The van der Waals surface area contributed by atoms with Crippen LogP contribution < -0.4 is 0 Å². The minimum absolute atomic E-state index is 0.0351. The molecule has 0 aromatic heterocycles. The zero-order valence-electron chi connectivity index (χ0n) is 15.2. The highest BCUT2D eigenvalue weighted by atomic mass is 31.2. The van der Waals surface area contributed by atoms with Gasteiger partial charge in [-0.1, -0.05) is 6.58 Å². The number of nitrogens with zero attached hydrogens (tertiary/aromatic N) is 1. The average molecular weight is 380 g/mol. The number of hydrogen-bond donors (Lipinski definition) is 3. The topological polar surface area (TPSA) is 130 Å². The molecule has 25 heavy (non-hydrogen) atoms. The van der Waals surface area contributed by atoms with Crippen LogP contribution in [-0.2, 0) is 23.4 Å². The van der Waals surface area contributed by atoms with Crippen molar-refractivity contribution in [3.05, 3.63) is 23.8 Å². The Bertz CT molecular complexity index is 601. The fourth-order valence-electron chi connectivity index (χ4n) is 2.23. The van der Waals surface area contributed by atoms with Gasteiger partial charge in [0.15, 0.2) is 5.60 Å². The summed E-state index contributed by atoms with van der Waals surface area (Å²) in [5.74, 6) is -1.91. The van der Waals surface area contributed by atoms with Crippen molar-refractivity contribution in [2.45, 2.75) is 25.9 Å². The van der Waals surface area contributed by atoms with Crippen LogP contribution in [0.1, 0.15) is 20.3 Å². The van der Waals surface area contributed by atoms with Gasteiger partial charge >= 0.3 is 19.8 Å². The van der Waals surface area contributed by atoms with E-state index < -0.39 is 25.4 Å². The summed E-state index contributed by atoms with van der Waals surface area (Å²) < 4.78 is 21.6. The number of phosphoric acid groups is 1. The Morgan fingerprint density at radius 1 is 1.24 bits per heavy atom. The maximum absolute atomic E-state index is 11.5. The van der Waals surface area contributed by atoms with Gasteiger partial charge in [-0.2, -0.15) is 0 Å². The molecule has 144 valence electrons. The molecule has 0 spiro atoms. The summed E-state index contributed by atoms with van der Waals surface area (Å²) in [7, 11) is 0.307. The number of aliphatic carboxylic acids is 1. The van der Waals surface area contributed by atoms with E-state index in [1.165, 1.54) is 13.8 Å². The molecule has 0 aromatic carbocycles. The Kier molecular flexibility index (Phi) is 8.20. The number of hydrogen-bond acceptors (Lipinski definition) is 5. The summed E-state index contributed by atoms with van der Waals surface area (Å²) >= 11 is 0. The van der Waals surface area contributed by atoms with E-state index in [9.17, 15) is 23.9 Å². The van der Waals surface area contributed by atoms with Crippen LogP contribution in [0.2, 0.25) is 0 Å². The molecule has 1 unspecified atom stereocenters. The highest BCUT2D eigenvalue weighted by Crippen LogP contribution is 2.44. The monoisotopic (exact) mass is 380 g/mol. The molecule has 0 aliphatic rings. The van der Waals surface area contributed by atoms with Crippen molar-refractivity contribution in [3.63, 3.8) is 0 Å². The molecular weight excluding hydrogens is 353 g/mol. The summed E-state index contributed by atoms with van der Waals surface area (Å²) in [6, 6.07) is 0. The molecule has 0 aliphatic heterocycles. The number of carboxylic acids is 1. The Morgan fingerprint density at radius 3 is 2.12 bits per heavy atom. The first-order valence-corrected chi connectivity index (χ1v) is 8.92. The molecule has 10 heteroatoms. The number of esters is 1. The van der Waals surface area contributed by atoms with Gasteiger partial charge in [-0.15, -0.1) is 0 Å². The third-order valence-corrected chi connectivity index (χ3v) is 3.57. The first kappa shape index (κ1) is 23.5. The van der Waals surface area contributed by atoms with Gasteiger partial charge in [-0.25, -0.2) is 14.2 Å². The molecule has 0 fully saturated rings. The molecule has 1 atom stereocenters. The van der Waals surface area contributed by atoms with Crippen LogP contribution in [0.3, 0.4) is 0 Å². The van der Waals surface area contributed by atoms with Gasteiger partial charge in [0, 0.05) is 17.6 Å². The van der Waals surface area contributed by atoms with Crippen molar-refractivity contribution in [3.8, 4) is 0 Å². The molecule has 0 rings (SSSR count). The summed E-state index contributed by atoms with van der Waals surface area (Å²) in [5, 5.41) is 9.11. The molecule has 0 aromatic rings. The molecule has 0 heterocycles. The predicted molar refractivity (Wildman–Crippen MR) is 90.5 cm³/mol. The normalized spacial score (nSPS) is 15.4. The zero-order valence-corrected chi connectivity index (χ0v) is 16.1. The van der Waals surface area contributed by atoms with Crippen molar-refractivity contribution < 1.29 is 42.8 Å². The van der Waals surface area contributed by atoms with Gasteiger partial charge in [-0.3, -0.25) is 4.52 Å². The minimum atomic E-state index is -4.95. The number of likely N-dealkylation sites (N-methyl/N-ethyl adjacent to an activating group) is 1. The summed E-state index contributed by atoms with van der Waals surface area (Å²) in [6.07, 6.45) is 1.00. The maximum atomic E-state index is 11.5. The summed E-state index contributed by atoms with van der Waals surface area (Å²) in [4.78, 5) is 41.2. The van der Waals surface area contributed by atoms with Gasteiger partial charge in [0.2, 0.25) is 0 Å². The molecule has 0 saturated carbocycles. The van der Waals surface area contributed by atoms with Crippen LogP contribution in [0.4, 0.5) is 0 Å². The van der Waals surface area contributed by atoms with E-state index in [0.717, 1.165) is 6.08 Å². The molecule has 0 radical (unpaired) electrons. The minimum Gasteiger partial charge on any atom is -0.478 e. The van der Waals surface area contributed by atoms with Crippen molar-refractivity contribution in [2.75, 3.05) is 34.3 Å². The van der Waals surface area contributed by atoms with Crippen molar-refractivity contribution in [1.29, 1.82) is 0 Å². The lowest BCUT2D eigenvalue weighted by Crippen LogP contribution is -2.50. The van der Waals surface area contributed by atoms with Gasteiger partial charge in [0.05, 0.1) is 27.7 Å². The summed E-state index contributed by atoms with van der Waals surface area (Å²) in [5.41, 5.74) is -1.62. The van der Waals surface area contributed by atoms with E-state index >= 15 is 0 Å². The third-order valence-electron chi connectivity index (χ3n) is 2.97. The predicted octanol–water partition coefficient (Wildman–Crippen LogP) is 1.08. The lowest BCUT2D eigenvalue weighted by molar-refractivity contribution is -0.875. The fraction of sp³-hybridized carbons (Fsp3) is 0.600. The maximum Gasteiger partial charge on any atom is 0.470 e. The second-order valence-corrected chi connectivity index (χ2v) is 8.06. The SMILES string of the molecule is C=C(C)C(=O)OCCC(C=C(C)C(=O)O)(C[N+](C)(C)C)OP(=O)(O)O. The van der Waals surface area contributed by atoms with Gasteiger partial charge in [0.1, 0.15) is 6.54 Å². The van der Waals surface area contributed by atoms with E-state index in [1.807, 2.05) is 0 Å². The quantitative estimate of drug-likeness (QED) is 0.222. The molecular formula is C15H27NO8P+. The van der Waals surface area contributed by atoms with Crippen molar-refractivity contribution in [2.24, 2.45) is 0 Å². The second kappa shape index (κ2) is 8.73. The number of phosphoric ester groups is 1. The molecule has 3 N–H and O–H groups in total. The van der Waals surface area contributed by atoms with Crippen LogP contribution in [0.5, 0.6) is 0 Å². The van der Waals surface area contributed by atoms with Crippen LogP contribution in [0.25, 0.3) is 0 Å². The van der Waals surface area contributed by atoms with E-state index in [1.54, 1.807) is 21.1 Å². The smallest absolute Gasteiger partial charge is 0.470 e. The summed E-state index contributed by atoms with van der Waals surface area (Å²) in [6.45, 7) is 5.99. The van der Waals surface area contributed by atoms with Crippen LogP contribution >= 0.6 is 7.82 Å². The third kappa shape index (κ3) is 10.2. The zero-order chi connectivity index (χ0) is 20.1. The Labute approximate surface area is 147 Å². The lowest BCUT2D eigenvalue weighted by atomic mass is 9.95. The van der Waals surface area contributed by atoms with Crippen LogP contribution in [0, 0.1) is 0 Å². The Morgan fingerprint density at radius 2 is 1.76 bits per heavy atom. The van der Waals surface area contributed by atoms with Gasteiger partial charge in [0.25, 0.3) is 0 Å². The largest absolute Gasteiger partial charge is 0.478 e. The standard InChI is InChI=1S/C15H26NO8P/c1-11(2)14(19)23-8-7-15(10-16(4,5)6,24-25(20,21)22)9-12(3)13(17)18/h9H,1,7-8,10H2,2-6H3,(H2-,17,18,20,21,22)/p+1. The number of carbonyl (C=O) groups is 2. The molecule has 0 bridgehead atoms. The van der Waals surface area contributed by atoms with Crippen LogP contribution in [-0.4, -0.2) is 71.2 Å². The lowest BCUT2D eigenvalue weighted by Gasteiger charge is -2.37. The van der Waals surface area contributed by atoms with E-state index in [-0.39, 0.29) is 35.2 Å². The molecule has 9 nitrogen and oxygen atoms in total. The van der Waals surface area contributed by atoms with Crippen LogP contribution in [0.15, 0.2) is 23.8 Å². The van der Waals surface area contributed by atoms with E-state index in [2.05, 4.69) is 6.58 Å². The Hall–Kier alpha value is -1.51. The molecule has 0 saturated heterocycles. The number of carboxylic acid groups (broad SMARTS) is 1. The highest BCUT2D eigenvalue weighted by Gasteiger charge is 2.41.